The van der Waals surface area contributed by atoms with Gasteiger partial charge >= 0.3 is 0 Å². The molecule has 140 valence electrons. The normalized spacial score (nSPS) is 14.4. The van der Waals surface area contributed by atoms with Crippen LogP contribution in [-0.4, -0.2) is 36.3 Å². The molecule has 0 amide bonds. The largest absolute Gasteiger partial charge is 0.378 e. The minimum atomic E-state index is -0.256. The van der Waals surface area contributed by atoms with Crippen LogP contribution >= 0.6 is 0 Å². The van der Waals surface area contributed by atoms with Gasteiger partial charge in [0.1, 0.15) is 17.7 Å². The first-order valence-corrected chi connectivity index (χ1v) is 9.09. The first kappa shape index (κ1) is 18.0. The molecule has 3 aromatic rings. The second kappa shape index (κ2) is 8.07. The fourth-order valence-electron chi connectivity index (χ4n) is 3.18. The molecule has 3 heterocycles. The zero-order valence-electron chi connectivity index (χ0n) is 15.2. The smallest absolute Gasteiger partial charge is 0.124 e. The van der Waals surface area contributed by atoms with Gasteiger partial charge in [-0.05, 0) is 42.0 Å². The number of halogens is 1. The van der Waals surface area contributed by atoms with Gasteiger partial charge in [0.05, 0.1) is 24.5 Å². The average Bonchev–Trinajstić information content (AvgIpc) is 3.19. The molecule has 1 N–H and O–H groups in total. The van der Waals surface area contributed by atoms with Crippen LogP contribution in [0.3, 0.4) is 0 Å². The number of aromatic amines is 1. The Labute approximate surface area is 162 Å². The van der Waals surface area contributed by atoms with Gasteiger partial charge in [-0.3, -0.25) is 4.98 Å². The van der Waals surface area contributed by atoms with E-state index in [2.05, 4.69) is 20.9 Å². The summed E-state index contributed by atoms with van der Waals surface area (Å²) < 4.78 is 18.4. The molecule has 0 spiro atoms. The van der Waals surface area contributed by atoms with Crippen LogP contribution in [0.2, 0.25) is 0 Å². The van der Waals surface area contributed by atoms with Gasteiger partial charge in [-0.2, -0.15) is 5.26 Å². The second-order valence-corrected chi connectivity index (χ2v) is 6.51. The van der Waals surface area contributed by atoms with Crippen molar-refractivity contribution in [3.8, 4) is 17.3 Å². The number of anilines is 1. The van der Waals surface area contributed by atoms with E-state index in [-0.39, 0.29) is 5.82 Å². The van der Waals surface area contributed by atoms with Gasteiger partial charge in [0, 0.05) is 30.5 Å². The van der Waals surface area contributed by atoms with E-state index in [1.165, 1.54) is 12.1 Å². The highest BCUT2D eigenvalue weighted by Crippen LogP contribution is 2.28. The first-order valence-electron chi connectivity index (χ1n) is 9.09. The molecule has 1 fully saturated rings. The zero-order chi connectivity index (χ0) is 19.3. The number of H-pyrrole nitrogens is 1. The van der Waals surface area contributed by atoms with Crippen LogP contribution in [0.15, 0.2) is 48.7 Å². The molecule has 0 radical (unpaired) electrons. The molecule has 6 heteroatoms. The Balaban J connectivity index is 1.59. The van der Waals surface area contributed by atoms with Gasteiger partial charge in [0.25, 0.3) is 0 Å². The lowest BCUT2D eigenvalue weighted by Gasteiger charge is -2.27. The minimum Gasteiger partial charge on any atom is -0.378 e. The quantitative estimate of drug-likeness (QED) is 0.747. The Bertz CT molecular complexity index is 1030. The molecule has 5 nitrogen and oxygen atoms in total. The lowest BCUT2D eigenvalue weighted by molar-refractivity contribution is 0.122. The summed E-state index contributed by atoms with van der Waals surface area (Å²) in [5, 5.41) is 9.52. The summed E-state index contributed by atoms with van der Waals surface area (Å²) in [4.78, 5) is 9.89. The monoisotopic (exact) mass is 374 g/mol. The zero-order valence-corrected chi connectivity index (χ0v) is 15.2. The summed E-state index contributed by atoms with van der Waals surface area (Å²) in [6.45, 7) is 2.84. The number of morpholine rings is 1. The Morgan fingerprint density at radius 3 is 2.64 bits per heavy atom. The van der Waals surface area contributed by atoms with Crippen molar-refractivity contribution in [2.24, 2.45) is 0 Å². The summed E-state index contributed by atoms with van der Waals surface area (Å²) in [5.41, 5.74) is 4.12. The van der Waals surface area contributed by atoms with E-state index >= 15 is 0 Å². The lowest BCUT2D eigenvalue weighted by atomic mass is 10.1. The number of ether oxygens (including phenoxy) is 1. The van der Waals surface area contributed by atoms with Gasteiger partial charge in [-0.1, -0.05) is 18.2 Å². The summed E-state index contributed by atoms with van der Waals surface area (Å²) in [5.74, 6) is 0.578. The van der Waals surface area contributed by atoms with E-state index in [9.17, 15) is 9.65 Å². The summed E-state index contributed by atoms with van der Waals surface area (Å²) in [6, 6.07) is 14.3. The van der Waals surface area contributed by atoms with Crippen molar-refractivity contribution >= 4 is 18.0 Å². The average molecular weight is 374 g/mol. The van der Waals surface area contributed by atoms with Crippen molar-refractivity contribution in [2.75, 3.05) is 31.2 Å². The van der Waals surface area contributed by atoms with Gasteiger partial charge in [-0.15, -0.1) is 0 Å². The standard InChI is InChI=1S/C22H19FN4O/c23-19-4-1-16(2-5-19)3-6-20-13-17(7-8-25-20)21-14-18(15-24)22(26-21)27-9-11-28-12-10-27/h1-8,13-14,26H,9-12H2. The predicted molar refractivity (Wildman–Crippen MR) is 107 cm³/mol. The lowest BCUT2D eigenvalue weighted by Crippen LogP contribution is -2.36. The Hall–Kier alpha value is -3.43. The number of aromatic nitrogens is 2. The summed E-state index contributed by atoms with van der Waals surface area (Å²) >= 11 is 0. The van der Waals surface area contributed by atoms with Gasteiger partial charge in [-0.25, -0.2) is 4.39 Å². The van der Waals surface area contributed by atoms with E-state index in [1.807, 2.05) is 30.4 Å². The van der Waals surface area contributed by atoms with Crippen molar-refractivity contribution in [1.82, 2.24) is 9.97 Å². The predicted octanol–water partition coefficient (Wildman–Crippen LogP) is 4.09. The summed E-state index contributed by atoms with van der Waals surface area (Å²) in [6.07, 6.45) is 5.51. The van der Waals surface area contributed by atoms with Crippen LogP contribution in [0.4, 0.5) is 10.2 Å². The number of rotatable bonds is 4. The molecule has 0 saturated carbocycles. The number of hydrogen-bond acceptors (Lipinski definition) is 4. The Morgan fingerprint density at radius 1 is 1.11 bits per heavy atom. The van der Waals surface area contributed by atoms with Crippen molar-refractivity contribution < 1.29 is 9.13 Å². The molecule has 1 aromatic carbocycles. The van der Waals surface area contributed by atoms with Crippen LogP contribution in [0.1, 0.15) is 16.8 Å². The fraction of sp³-hybridized carbons (Fsp3) is 0.182. The number of nitriles is 1. The maximum Gasteiger partial charge on any atom is 0.124 e. The van der Waals surface area contributed by atoms with Crippen LogP contribution in [0, 0.1) is 17.1 Å². The molecule has 2 aromatic heterocycles. The fourth-order valence-corrected chi connectivity index (χ4v) is 3.18. The Morgan fingerprint density at radius 2 is 1.89 bits per heavy atom. The molecule has 1 saturated heterocycles. The van der Waals surface area contributed by atoms with Crippen LogP contribution < -0.4 is 4.90 Å². The van der Waals surface area contributed by atoms with Crippen molar-refractivity contribution in [2.45, 2.75) is 0 Å². The molecule has 4 rings (SSSR count). The highest BCUT2D eigenvalue weighted by atomic mass is 19.1. The highest BCUT2D eigenvalue weighted by molar-refractivity contribution is 5.73. The molecule has 28 heavy (non-hydrogen) atoms. The SMILES string of the molecule is N#Cc1cc(-c2ccnc(C=Cc3ccc(F)cc3)c2)[nH]c1N1CCOCC1. The molecule has 0 atom stereocenters. The van der Waals surface area contributed by atoms with Crippen LogP contribution in [0.5, 0.6) is 0 Å². The third-order valence-corrected chi connectivity index (χ3v) is 4.65. The van der Waals surface area contributed by atoms with Crippen LogP contribution in [0.25, 0.3) is 23.4 Å². The Kier molecular flexibility index (Phi) is 5.18. The van der Waals surface area contributed by atoms with E-state index in [1.54, 1.807) is 18.3 Å². The highest BCUT2D eigenvalue weighted by Gasteiger charge is 2.18. The molecule has 0 bridgehead atoms. The van der Waals surface area contributed by atoms with Crippen LogP contribution in [-0.2, 0) is 4.74 Å². The number of nitrogens with one attached hydrogen (secondary N) is 1. The van der Waals surface area contributed by atoms with Gasteiger partial charge < -0.3 is 14.6 Å². The molecular formula is C22H19FN4O. The van der Waals surface area contributed by atoms with E-state index in [0.717, 1.165) is 41.4 Å². The molecule has 0 unspecified atom stereocenters. The van der Waals surface area contributed by atoms with Crippen molar-refractivity contribution in [3.05, 3.63) is 71.3 Å². The van der Waals surface area contributed by atoms with E-state index in [4.69, 9.17) is 4.74 Å². The summed E-state index contributed by atoms with van der Waals surface area (Å²) in [7, 11) is 0. The number of pyridine rings is 1. The minimum absolute atomic E-state index is 0.256. The van der Waals surface area contributed by atoms with Gasteiger partial charge in [0.2, 0.25) is 0 Å². The first-order chi connectivity index (χ1) is 13.7. The second-order valence-electron chi connectivity index (χ2n) is 6.51. The van der Waals surface area contributed by atoms with Gasteiger partial charge in [0.15, 0.2) is 0 Å². The number of hydrogen-bond donors (Lipinski definition) is 1. The maximum atomic E-state index is 13.0. The van der Waals surface area contributed by atoms with Crippen molar-refractivity contribution in [1.29, 1.82) is 5.26 Å². The third-order valence-electron chi connectivity index (χ3n) is 4.65. The molecule has 1 aliphatic heterocycles. The topological polar surface area (TPSA) is 64.9 Å². The van der Waals surface area contributed by atoms with E-state index in [0.29, 0.717) is 18.8 Å². The van der Waals surface area contributed by atoms with Crippen molar-refractivity contribution in [3.63, 3.8) is 0 Å². The number of nitrogens with zero attached hydrogens (tertiary/aromatic N) is 3. The molecular weight excluding hydrogens is 355 g/mol. The molecule has 0 aliphatic carbocycles. The number of benzene rings is 1. The van der Waals surface area contributed by atoms with E-state index < -0.39 is 0 Å². The third kappa shape index (κ3) is 3.95. The maximum absolute atomic E-state index is 13.0. The molecule has 1 aliphatic rings.